The van der Waals surface area contributed by atoms with Crippen LogP contribution >= 0.6 is 0 Å². The summed E-state index contributed by atoms with van der Waals surface area (Å²) in [6.07, 6.45) is 9.54. The predicted molar refractivity (Wildman–Crippen MR) is 81.7 cm³/mol. The Bertz CT molecular complexity index is 496. The molecule has 116 valence electrons. The van der Waals surface area contributed by atoms with E-state index in [4.69, 9.17) is 0 Å². The molecular weight excluding hydrogens is 260 g/mol. The summed E-state index contributed by atoms with van der Waals surface area (Å²) in [6.45, 7) is 4.82. The SMILES string of the molecule is C[C@@]12CCC(=O)[C@H]1[C@@H]1CCC3CC(=O)CC[C@]3(C)[C@H]1CC2. The van der Waals surface area contributed by atoms with Crippen molar-refractivity contribution in [2.75, 3.05) is 0 Å². The van der Waals surface area contributed by atoms with Crippen LogP contribution in [0.15, 0.2) is 0 Å². The zero-order valence-corrected chi connectivity index (χ0v) is 13.5. The van der Waals surface area contributed by atoms with E-state index in [1.807, 2.05) is 0 Å². The third-order valence-corrected chi connectivity index (χ3v) is 8.06. The van der Waals surface area contributed by atoms with Crippen molar-refractivity contribution in [1.82, 2.24) is 0 Å². The van der Waals surface area contributed by atoms with Gasteiger partial charge >= 0.3 is 0 Å². The summed E-state index contributed by atoms with van der Waals surface area (Å²) in [7, 11) is 0. The van der Waals surface area contributed by atoms with E-state index in [1.165, 1.54) is 25.7 Å². The highest BCUT2D eigenvalue weighted by Gasteiger charge is 2.60. The largest absolute Gasteiger partial charge is 0.300 e. The molecule has 1 unspecified atom stereocenters. The molecule has 0 heterocycles. The molecular formula is C19H28O2. The average Bonchev–Trinajstić information content (AvgIpc) is 2.76. The minimum absolute atomic E-state index is 0.298. The van der Waals surface area contributed by atoms with Crippen LogP contribution in [-0.4, -0.2) is 11.6 Å². The predicted octanol–water partition coefficient (Wildman–Crippen LogP) is 4.17. The molecule has 4 aliphatic rings. The zero-order chi connectivity index (χ0) is 14.8. The van der Waals surface area contributed by atoms with Crippen LogP contribution in [0.2, 0.25) is 0 Å². The van der Waals surface area contributed by atoms with Gasteiger partial charge in [-0.15, -0.1) is 0 Å². The summed E-state index contributed by atoms with van der Waals surface area (Å²) in [4.78, 5) is 24.4. The fourth-order valence-corrected chi connectivity index (χ4v) is 6.80. The van der Waals surface area contributed by atoms with Crippen molar-refractivity contribution < 1.29 is 9.59 Å². The number of hydrogen-bond donors (Lipinski definition) is 0. The highest BCUT2D eigenvalue weighted by atomic mass is 16.1. The lowest BCUT2D eigenvalue weighted by molar-refractivity contribution is -0.145. The van der Waals surface area contributed by atoms with Crippen molar-refractivity contribution in [1.29, 1.82) is 0 Å². The van der Waals surface area contributed by atoms with Crippen LogP contribution in [0.3, 0.4) is 0 Å². The van der Waals surface area contributed by atoms with Gasteiger partial charge < -0.3 is 0 Å². The number of hydrogen-bond acceptors (Lipinski definition) is 2. The highest BCUT2D eigenvalue weighted by molar-refractivity contribution is 5.85. The van der Waals surface area contributed by atoms with Gasteiger partial charge in [-0.25, -0.2) is 0 Å². The van der Waals surface area contributed by atoms with Crippen molar-refractivity contribution in [3.8, 4) is 0 Å². The maximum absolute atomic E-state index is 12.5. The highest BCUT2D eigenvalue weighted by Crippen LogP contribution is 2.65. The third-order valence-electron chi connectivity index (χ3n) is 8.06. The number of rotatable bonds is 0. The molecule has 0 radical (unpaired) electrons. The van der Waals surface area contributed by atoms with Crippen molar-refractivity contribution >= 4 is 11.6 Å². The molecule has 0 bridgehead atoms. The van der Waals surface area contributed by atoms with E-state index in [-0.39, 0.29) is 0 Å². The van der Waals surface area contributed by atoms with E-state index in [2.05, 4.69) is 13.8 Å². The first-order valence-corrected chi connectivity index (χ1v) is 8.98. The Balaban J connectivity index is 1.67. The molecule has 0 aromatic heterocycles. The lowest BCUT2D eigenvalue weighted by Crippen LogP contribution is -2.53. The molecule has 4 aliphatic carbocycles. The Hall–Kier alpha value is -0.660. The monoisotopic (exact) mass is 288 g/mol. The Labute approximate surface area is 128 Å². The van der Waals surface area contributed by atoms with Crippen LogP contribution in [0.1, 0.15) is 71.6 Å². The van der Waals surface area contributed by atoms with E-state index >= 15 is 0 Å². The summed E-state index contributed by atoms with van der Waals surface area (Å²) in [6, 6.07) is 0. The van der Waals surface area contributed by atoms with Crippen molar-refractivity contribution in [3.05, 3.63) is 0 Å². The molecule has 0 N–H and O–H groups in total. The molecule has 0 saturated heterocycles. The van der Waals surface area contributed by atoms with E-state index in [0.29, 0.717) is 46.1 Å². The second kappa shape index (κ2) is 4.43. The molecule has 4 saturated carbocycles. The Morgan fingerprint density at radius 3 is 2.57 bits per heavy atom. The number of ketones is 2. The van der Waals surface area contributed by atoms with Gasteiger partial charge in [-0.05, 0) is 67.1 Å². The van der Waals surface area contributed by atoms with Crippen LogP contribution in [0, 0.1) is 34.5 Å². The van der Waals surface area contributed by atoms with Crippen molar-refractivity contribution in [3.63, 3.8) is 0 Å². The maximum atomic E-state index is 12.5. The Morgan fingerprint density at radius 1 is 0.952 bits per heavy atom. The van der Waals surface area contributed by atoms with Gasteiger partial charge in [-0.2, -0.15) is 0 Å². The van der Waals surface area contributed by atoms with Gasteiger partial charge in [0.1, 0.15) is 11.6 Å². The van der Waals surface area contributed by atoms with Crippen LogP contribution in [0.25, 0.3) is 0 Å². The first kappa shape index (κ1) is 14.0. The second-order valence-electron chi connectivity index (χ2n) is 8.93. The quantitative estimate of drug-likeness (QED) is 0.670. The molecule has 0 aromatic rings. The Kier molecular flexibility index (Phi) is 2.94. The molecule has 0 spiro atoms. The fourth-order valence-electron chi connectivity index (χ4n) is 6.80. The lowest BCUT2D eigenvalue weighted by Gasteiger charge is -2.59. The Morgan fingerprint density at radius 2 is 1.76 bits per heavy atom. The van der Waals surface area contributed by atoms with Crippen molar-refractivity contribution in [2.24, 2.45) is 34.5 Å². The second-order valence-corrected chi connectivity index (χ2v) is 8.93. The van der Waals surface area contributed by atoms with E-state index in [9.17, 15) is 9.59 Å². The molecule has 4 fully saturated rings. The molecule has 0 amide bonds. The van der Waals surface area contributed by atoms with Gasteiger partial charge in [0.05, 0.1) is 0 Å². The number of carbonyl (C=O) groups is 2. The van der Waals surface area contributed by atoms with Crippen LogP contribution < -0.4 is 0 Å². The number of fused-ring (bicyclic) bond motifs is 5. The minimum atomic E-state index is 0.298. The summed E-state index contributed by atoms with van der Waals surface area (Å²) < 4.78 is 0. The summed E-state index contributed by atoms with van der Waals surface area (Å²) in [5.74, 6) is 3.29. The van der Waals surface area contributed by atoms with Gasteiger partial charge in [0.25, 0.3) is 0 Å². The first-order chi connectivity index (χ1) is 9.94. The summed E-state index contributed by atoms with van der Waals surface area (Å²) in [5.41, 5.74) is 0.632. The average molecular weight is 288 g/mol. The van der Waals surface area contributed by atoms with Gasteiger partial charge in [0.15, 0.2) is 0 Å². The summed E-state index contributed by atoms with van der Waals surface area (Å²) in [5, 5.41) is 0. The topological polar surface area (TPSA) is 34.1 Å². The molecule has 0 aromatic carbocycles. The molecule has 4 rings (SSSR count). The molecule has 6 atom stereocenters. The molecule has 2 heteroatoms. The van der Waals surface area contributed by atoms with Crippen molar-refractivity contribution in [2.45, 2.75) is 71.6 Å². The van der Waals surface area contributed by atoms with Crippen LogP contribution in [0.5, 0.6) is 0 Å². The maximum Gasteiger partial charge on any atom is 0.136 e. The van der Waals surface area contributed by atoms with Gasteiger partial charge in [0.2, 0.25) is 0 Å². The minimum Gasteiger partial charge on any atom is -0.300 e. The van der Waals surface area contributed by atoms with Gasteiger partial charge in [-0.3, -0.25) is 9.59 Å². The number of Topliss-reactive ketones (excluding diaryl/α,β-unsaturated/α-hetero) is 2. The normalized spacial score (nSPS) is 53.0. The molecule has 0 aliphatic heterocycles. The smallest absolute Gasteiger partial charge is 0.136 e. The van der Waals surface area contributed by atoms with E-state index in [1.54, 1.807) is 0 Å². The molecule has 2 nitrogen and oxygen atoms in total. The molecule has 21 heavy (non-hydrogen) atoms. The van der Waals surface area contributed by atoms with Crippen LogP contribution in [0.4, 0.5) is 0 Å². The van der Waals surface area contributed by atoms with E-state index in [0.717, 1.165) is 32.1 Å². The standard InChI is InChI=1S/C19H28O2/c1-18-8-6-15-14(17(18)16(21)7-9-18)4-3-12-11-13(20)5-10-19(12,15)2/h12,14-15,17H,3-11H2,1-2H3/t12?,14-,15+,17-,18-,19+/m1/s1. The summed E-state index contributed by atoms with van der Waals surface area (Å²) >= 11 is 0. The lowest BCUT2D eigenvalue weighted by atomic mass is 9.45. The van der Waals surface area contributed by atoms with Gasteiger partial charge in [-0.1, -0.05) is 13.8 Å². The van der Waals surface area contributed by atoms with Gasteiger partial charge in [0, 0.05) is 25.2 Å². The number of carbonyl (C=O) groups excluding carboxylic acids is 2. The first-order valence-electron chi connectivity index (χ1n) is 8.98. The fraction of sp³-hybridized carbons (Fsp3) is 0.895. The van der Waals surface area contributed by atoms with E-state index < -0.39 is 0 Å². The van der Waals surface area contributed by atoms with Crippen LogP contribution in [-0.2, 0) is 9.59 Å². The third kappa shape index (κ3) is 1.83. The zero-order valence-electron chi connectivity index (χ0n) is 13.5.